The number of para-hydroxylation sites is 1. The minimum Gasteiger partial charge on any atom is -0.272 e. The topological polar surface area (TPSA) is 54.4 Å². The molecule has 0 bridgehead atoms. The molecular formula is C17H14BrN3OS2. The van der Waals surface area contributed by atoms with E-state index in [2.05, 4.69) is 31.4 Å². The fourth-order valence-corrected chi connectivity index (χ4v) is 4.53. The monoisotopic (exact) mass is 419 g/mol. The van der Waals surface area contributed by atoms with E-state index in [0.29, 0.717) is 0 Å². The SMILES string of the molecule is C[C@H](Sc1nc2ccccc2s1)C(=O)N/N=C\c1ccccc1Br. The van der Waals surface area contributed by atoms with E-state index in [-0.39, 0.29) is 11.2 Å². The summed E-state index contributed by atoms with van der Waals surface area (Å²) in [5, 5.41) is 3.75. The third-order valence-electron chi connectivity index (χ3n) is 3.20. The number of rotatable bonds is 5. The zero-order valence-corrected chi connectivity index (χ0v) is 16.0. The molecule has 0 saturated carbocycles. The summed E-state index contributed by atoms with van der Waals surface area (Å²) in [6.07, 6.45) is 1.62. The molecule has 7 heteroatoms. The molecule has 0 aliphatic carbocycles. The van der Waals surface area contributed by atoms with E-state index in [1.807, 2.05) is 55.5 Å². The number of nitrogens with one attached hydrogen (secondary N) is 1. The van der Waals surface area contributed by atoms with Crippen molar-refractivity contribution in [2.24, 2.45) is 5.10 Å². The molecule has 3 aromatic rings. The number of fused-ring (bicyclic) bond motifs is 1. The van der Waals surface area contributed by atoms with Gasteiger partial charge in [0.1, 0.15) is 0 Å². The average molecular weight is 420 g/mol. The summed E-state index contributed by atoms with van der Waals surface area (Å²) in [6, 6.07) is 15.6. The van der Waals surface area contributed by atoms with Gasteiger partial charge in [-0.15, -0.1) is 11.3 Å². The molecule has 1 amide bonds. The molecule has 0 aliphatic rings. The zero-order valence-electron chi connectivity index (χ0n) is 12.8. The van der Waals surface area contributed by atoms with Gasteiger partial charge < -0.3 is 0 Å². The first-order chi connectivity index (χ1) is 11.6. The van der Waals surface area contributed by atoms with Gasteiger partial charge in [-0.1, -0.05) is 58.0 Å². The van der Waals surface area contributed by atoms with Gasteiger partial charge in [-0.25, -0.2) is 10.4 Å². The number of thioether (sulfide) groups is 1. The van der Waals surface area contributed by atoms with Crippen LogP contribution >= 0.6 is 39.0 Å². The molecular weight excluding hydrogens is 406 g/mol. The smallest absolute Gasteiger partial charge is 0.253 e. The molecule has 122 valence electrons. The van der Waals surface area contributed by atoms with Crippen molar-refractivity contribution in [3.05, 3.63) is 58.6 Å². The number of carbonyl (C=O) groups excluding carboxylic acids is 1. The molecule has 1 atom stereocenters. The lowest BCUT2D eigenvalue weighted by Gasteiger charge is -2.06. The van der Waals surface area contributed by atoms with Crippen molar-refractivity contribution < 1.29 is 4.79 Å². The predicted octanol–water partition coefficient (Wildman–Crippen LogP) is 4.69. The van der Waals surface area contributed by atoms with Gasteiger partial charge in [0.15, 0.2) is 4.34 Å². The maximum absolute atomic E-state index is 12.2. The summed E-state index contributed by atoms with van der Waals surface area (Å²) in [6.45, 7) is 1.85. The predicted molar refractivity (Wildman–Crippen MR) is 105 cm³/mol. The Hall–Kier alpha value is -1.70. The Kier molecular flexibility index (Phi) is 5.65. The van der Waals surface area contributed by atoms with Crippen molar-refractivity contribution in [1.29, 1.82) is 0 Å². The fraction of sp³-hybridized carbons (Fsp3) is 0.118. The number of hydrazone groups is 1. The number of aromatic nitrogens is 1. The standard InChI is InChI=1S/C17H14BrN3OS2/c1-11(23-17-20-14-8-4-5-9-15(14)24-17)16(22)21-19-10-12-6-2-3-7-13(12)18/h2-11H,1H3,(H,21,22)/b19-10-/t11-/m0/s1. The lowest BCUT2D eigenvalue weighted by molar-refractivity contribution is -0.120. The van der Waals surface area contributed by atoms with E-state index in [9.17, 15) is 4.79 Å². The number of nitrogens with zero attached hydrogens (tertiary/aromatic N) is 2. The molecule has 4 nitrogen and oxygen atoms in total. The van der Waals surface area contributed by atoms with Crippen LogP contribution in [-0.2, 0) is 4.79 Å². The van der Waals surface area contributed by atoms with Gasteiger partial charge in [0.25, 0.3) is 5.91 Å². The Labute approximate surface area is 156 Å². The molecule has 3 rings (SSSR count). The number of hydrogen-bond acceptors (Lipinski definition) is 5. The highest BCUT2D eigenvalue weighted by Crippen LogP contribution is 2.31. The number of hydrogen-bond donors (Lipinski definition) is 1. The maximum Gasteiger partial charge on any atom is 0.253 e. The molecule has 2 aromatic carbocycles. The van der Waals surface area contributed by atoms with Crippen LogP contribution in [0.25, 0.3) is 10.2 Å². The third-order valence-corrected chi connectivity index (χ3v) is 6.16. The molecule has 1 N–H and O–H groups in total. The van der Waals surface area contributed by atoms with E-state index in [4.69, 9.17) is 0 Å². The Bertz CT molecular complexity index is 861. The third kappa shape index (κ3) is 4.23. The normalized spacial score (nSPS) is 12.6. The lowest BCUT2D eigenvalue weighted by Crippen LogP contribution is -2.26. The second-order valence-corrected chi connectivity index (χ2v) is 8.44. The first kappa shape index (κ1) is 17.1. The summed E-state index contributed by atoms with van der Waals surface area (Å²) in [7, 11) is 0. The van der Waals surface area contributed by atoms with Crippen LogP contribution in [0.1, 0.15) is 12.5 Å². The largest absolute Gasteiger partial charge is 0.272 e. The molecule has 24 heavy (non-hydrogen) atoms. The van der Waals surface area contributed by atoms with Crippen LogP contribution in [0.3, 0.4) is 0 Å². The highest BCUT2D eigenvalue weighted by atomic mass is 79.9. The number of amides is 1. The fourth-order valence-electron chi connectivity index (χ4n) is 1.94. The van der Waals surface area contributed by atoms with Crippen molar-refractivity contribution >= 4 is 61.4 Å². The van der Waals surface area contributed by atoms with Crippen LogP contribution < -0.4 is 5.43 Å². The van der Waals surface area contributed by atoms with Gasteiger partial charge >= 0.3 is 0 Å². The number of benzene rings is 2. The van der Waals surface area contributed by atoms with Crippen LogP contribution in [0.15, 0.2) is 62.4 Å². The molecule has 1 aromatic heterocycles. The quantitative estimate of drug-likeness (QED) is 0.370. The highest BCUT2D eigenvalue weighted by molar-refractivity contribution is 9.10. The Morgan fingerprint density at radius 2 is 2.04 bits per heavy atom. The van der Waals surface area contributed by atoms with Gasteiger partial charge in [0.05, 0.1) is 21.7 Å². The maximum atomic E-state index is 12.2. The number of halogens is 1. The van der Waals surface area contributed by atoms with Crippen LogP contribution in [-0.4, -0.2) is 22.4 Å². The molecule has 0 radical (unpaired) electrons. The molecule has 0 aliphatic heterocycles. The minimum atomic E-state index is -0.276. The summed E-state index contributed by atoms with van der Waals surface area (Å²) < 4.78 is 2.94. The van der Waals surface area contributed by atoms with Gasteiger partial charge in [-0.3, -0.25) is 4.79 Å². The minimum absolute atomic E-state index is 0.150. The summed E-state index contributed by atoms with van der Waals surface area (Å²) in [5.74, 6) is -0.150. The summed E-state index contributed by atoms with van der Waals surface area (Å²) in [5.41, 5.74) is 4.45. The highest BCUT2D eigenvalue weighted by Gasteiger charge is 2.16. The average Bonchev–Trinajstić information content (AvgIpc) is 2.98. The van der Waals surface area contributed by atoms with E-state index in [0.717, 1.165) is 24.6 Å². The summed E-state index contributed by atoms with van der Waals surface area (Å²) in [4.78, 5) is 16.7. The van der Waals surface area contributed by atoms with Gasteiger partial charge in [0, 0.05) is 10.0 Å². The first-order valence-electron chi connectivity index (χ1n) is 7.23. The van der Waals surface area contributed by atoms with Crippen molar-refractivity contribution in [1.82, 2.24) is 10.4 Å². The molecule has 1 heterocycles. The molecule has 0 saturated heterocycles. The van der Waals surface area contributed by atoms with E-state index in [1.54, 1.807) is 17.6 Å². The van der Waals surface area contributed by atoms with Crippen LogP contribution in [0.4, 0.5) is 0 Å². The van der Waals surface area contributed by atoms with Crippen molar-refractivity contribution in [3.8, 4) is 0 Å². The summed E-state index contributed by atoms with van der Waals surface area (Å²) >= 11 is 6.47. The second-order valence-electron chi connectivity index (χ2n) is 4.96. The first-order valence-corrected chi connectivity index (χ1v) is 9.72. The van der Waals surface area contributed by atoms with E-state index < -0.39 is 0 Å². The van der Waals surface area contributed by atoms with Crippen molar-refractivity contribution in [3.63, 3.8) is 0 Å². The van der Waals surface area contributed by atoms with E-state index in [1.165, 1.54) is 11.8 Å². The second kappa shape index (κ2) is 7.92. The van der Waals surface area contributed by atoms with Crippen LogP contribution in [0.2, 0.25) is 0 Å². The molecule has 0 spiro atoms. The molecule has 0 fully saturated rings. The van der Waals surface area contributed by atoms with Crippen molar-refractivity contribution in [2.45, 2.75) is 16.5 Å². The Morgan fingerprint density at radius 1 is 1.29 bits per heavy atom. The lowest BCUT2D eigenvalue weighted by atomic mass is 10.2. The Balaban J connectivity index is 1.59. The van der Waals surface area contributed by atoms with Crippen LogP contribution in [0, 0.1) is 0 Å². The zero-order chi connectivity index (χ0) is 16.9. The van der Waals surface area contributed by atoms with Gasteiger partial charge in [-0.05, 0) is 25.1 Å². The number of carbonyl (C=O) groups is 1. The number of thiazole rings is 1. The van der Waals surface area contributed by atoms with Crippen LogP contribution in [0.5, 0.6) is 0 Å². The molecule has 0 unspecified atom stereocenters. The van der Waals surface area contributed by atoms with Gasteiger partial charge in [0.2, 0.25) is 0 Å². The Morgan fingerprint density at radius 3 is 2.83 bits per heavy atom. The van der Waals surface area contributed by atoms with E-state index >= 15 is 0 Å². The van der Waals surface area contributed by atoms with Gasteiger partial charge in [-0.2, -0.15) is 5.10 Å². The van der Waals surface area contributed by atoms with Crippen molar-refractivity contribution in [2.75, 3.05) is 0 Å².